The van der Waals surface area contributed by atoms with E-state index in [1.54, 1.807) is 0 Å². The highest BCUT2D eigenvalue weighted by atomic mass is 16.3. The summed E-state index contributed by atoms with van der Waals surface area (Å²) in [5.74, 6) is 0. The van der Waals surface area contributed by atoms with Gasteiger partial charge in [0.05, 0.1) is 6.10 Å². The molecule has 88 valence electrons. The molecule has 16 heavy (non-hydrogen) atoms. The summed E-state index contributed by atoms with van der Waals surface area (Å²) in [6.45, 7) is 5.76. The molecule has 1 N–H and O–H groups in total. The lowest BCUT2D eigenvalue weighted by Gasteiger charge is -2.11. The normalized spacial score (nSPS) is 12.4. The highest BCUT2D eigenvalue weighted by Crippen LogP contribution is 2.20. The van der Waals surface area contributed by atoms with E-state index < -0.39 is 0 Å². The first-order chi connectivity index (χ1) is 7.74. The van der Waals surface area contributed by atoms with Crippen molar-refractivity contribution in [1.29, 1.82) is 0 Å². The summed E-state index contributed by atoms with van der Waals surface area (Å²) in [5, 5.41) is 9.98. The number of allylic oxidation sites excluding steroid dienone is 1. The number of hydrogen-bond acceptors (Lipinski definition) is 1. The summed E-state index contributed by atoms with van der Waals surface area (Å²) < 4.78 is 0. The van der Waals surface area contributed by atoms with E-state index >= 15 is 0 Å². The highest BCUT2D eigenvalue weighted by molar-refractivity contribution is 5.23. The Labute approximate surface area is 98.8 Å². The average Bonchev–Trinajstić information content (AvgIpc) is 2.28. The van der Waals surface area contributed by atoms with Gasteiger partial charge in [0.15, 0.2) is 0 Å². The Morgan fingerprint density at radius 3 is 2.81 bits per heavy atom. The molecular formula is C15H22O. The molecular weight excluding hydrogens is 196 g/mol. The Bertz CT molecular complexity index is 317. The van der Waals surface area contributed by atoms with Gasteiger partial charge in [0.2, 0.25) is 0 Å². The van der Waals surface area contributed by atoms with Gasteiger partial charge in [-0.05, 0) is 31.7 Å². The van der Waals surface area contributed by atoms with Crippen molar-refractivity contribution in [3.63, 3.8) is 0 Å². The summed E-state index contributed by atoms with van der Waals surface area (Å²) in [6, 6.07) is 8.13. The van der Waals surface area contributed by atoms with Crippen LogP contribution in [0.15, 0.2) is 36.9 Å². The Morgan fingerprint density at radius 2 is 2.12 bits per heavy atom. The SMILES string of the molecule is C=CCCCCCC(O)c1cccc(C)c1. The number of rotatable bonds is 7. The Balaban J connectivity index is 2.29. The molecule has 1 nitrogen and oxygen atoms in total. The maximum absolute atomic E-state index is 9.98. The molecule has 1 aromatic rings. The largest absolute Gasteiger partial charge is 0.388 e. The van der Waals surface area contributed by atoms with E-state index in [1.165, 1.54) is 18.4 Å². The van der Waals surface area contributed by atoms with E-state index in [4.69, 9.17) is 0 Å². The van der Waals surface area contributed by atoms with Crippen LogP contribution in [0.4, 0.5) is 0 Å². The standard InChI is InChI=1S/C15H22O/c1-3-4-5-6-7-11-15(16)14-10-8-9-13(2)12-14/h3,8-10,12,15-16H,1,4-7,11H2,2H3. The van der Waals surface area contributed by atoms with Crippen LogP contribution >= 0.6 is 0 Å². The molecule has 1 heteroatoms. The van der Waals surface area contributed by atoms with Crippen LogP contribution in [0.3, 0.4) is 0 Å². The van der Waals surface area contributed by atoms with Crippen molar-refractivity contribution in [2.24, 2.45) is 0 Å². The van der Waals surface area contributed by atoms with Crippen molar-refractivity contribution in [1.82, 2.24) is 0 Å². The topological polar surface area (TPSA) is 20.2 Å². The van der Waals surface area contributed by atoms with E-state index in [0.717, 1.165) is 24.8 Å². The molecule has 1 unspecified atom stereocenters. The van der Waals surface area contributed by atoms with Gasteiger partial charge in [-0.25, -0.2) is 0 Å². The van der Waals surface area contributed by atoms with Crippen molar-refractivity contribution < 1.29 is 5.11 Å². The zero-order valence-corrected chi connectivity index (χ0v) is 10.2. The third kappa shape index (κ3) is 4.63. The molecule has 1 aromatic carbocycles. The molecule has 1 atom stereocenters. The quantitative estimate of drug-likeness (QED) is 0.538. The third-order valence-electron chi connectivity index (χ3n) is 2.81. The van der Waals surface area contributed by atoms with Crippen LogP contribution in [0, 0.1) is 6.92 Å². The van der Waals surface area contributed by atoms with E-state index in [9.17, 15) is 5.11 Å². The van der Waals surface area contributed by atoms with Gasteiger partial charge in [-0.15, -0.1) is 6.58 Å². The lowest BCUT2D eigenvalue weighted by Crippen LogP contribution is -1.97. The van der Waals surface area contributed by atoms with Gasteiger partial charge < -0.3 is 5.11 Å². The molecule has 0 radical (unpaired) electrons. The fraction of sp³-hybridized carbons (Fsp3) is 0.467. The van der Waals surface area contributed by atoms with Crippen LogP contribution in [0.25, 0.3) is 0 Å². The van der Waals surface area contributed by atoms with Gasteiger partial charge in [-0.3, -0.25) is 0 Å². The van der Waals surface area contributed by atoms with Gasteiger partial charge >= 0.3 is 0 Å². The maximum atomic E-state index is 9.98. The van der Waals surface area contributed by atoms with E-state index in [1.807, 2.05) is 18.2 Å². The van der Waals surface area contributed by atoms with Gasteiger partial charge in [-0.2, -0.15) is 0 Å². The molecule has 0 fully saturated rings. The number of aliphatic hydroxyl groups is 1. The summed E-state index contributed by atoms with van der Waals surface area (Å²) in [5.41, 5.74) is 2.26. The fourth-order valence-corrected chi connectivity index (χ4v) is 1.85. The third-order valence-corrected chi connectivity index (χ3v) is 2.81. The van der Waals surface area contributed by atoms with E-state index in [0.29, 0.717) is 0 Å². The molecule has 0 bridgehead atoms. The summed E-state index contributed by atoms with van der Waals surface area (Å²) in [6.07, 6.45) is 7.05. The molecule has 0 spiro atoms. The van der Waals surface area contributed by atoms with Gasteiger partial charge in [-0.1, -0.05) is 48.7 Å². The predicted molar refractivity (Wildman–Crippen MR) is 69.4 cm³/mol. The Hall–Kier alpha value is -1.08. The van der Waals surface area contributed by atoms with Crippen LogP contribution in [0.2, 0.25) is 0 Å². The molecule has 0 aliphatic rings. The maximum Gasteiger partial charge on any atom is 0.0790 e. The highest BCUT2D eigenvalue weighted by Gasteiger charge is 2.06. The molecule has 0 aliphatic carbocycles. The number of benzene rings is 1. The number of aryl methyl sites for hydroxylation is 1. The van der Waals surface area contributed by atoms with Crippen LogP contribution in [-0.2, 0) is 0 Å². The Morgan fingerprint density at radius 1 is 1.31 bits per heavy atom. The first-order valence-corrected chi connectivity index (χ1v) is 6.09. The van der Waals surface area contributed by atoms with Crippen LogP contribution < -0.4 is 0 Å². The number of unbranched alkanes of at least 4 members (excludes halogenated alkanes) is 3. The van der Waals surface area contributed by atoms with E-state index in [-0.39, 0.29) is 6.10 Å². The van der Waals surface area contributed by atoms with Crippen molar-refractivity contribution >= 4 is 0 Å². The summed E-state index contributed by atoms with van der Waals surface area (Å²) in [4.78, 5) is 0. The predicted octanol–water partition coefficient (Wildman–Crippen LogP) is 4.16. The second-order valence-corrected chi connectivity index (χ2v) is 4.36. The zero-order chi connectivity index (χ0) is 11.8. The van der Waals surface area contributed by atoms with E-state index in [2.05, 4.69) is 25.6 Å². The number of aliphatic hydroxyl groups excluding tert-OH is 1. The molecule has 1 rings (SSSR count). The van der Waals surface area contributed by atoms with Crippen molar-refractivity contribution in [2.45, 2.75) is 45.1 Å². The van der Waals surface area contributed by atoms with Gasteiger partial charge in [0.1, 0.15) is 0 Å². The van der Waals surface area contributed by atoms with Crippen molar-refractivity contribution in [2.75, 3.05) is 0 Å². The summed E-state index contributed by atoms with van der Waals surface area (Å²) >= 11 is 0. The van der Waals surface area contributed by atoms with Crippen LogP contribution in [0.5, 0.6) is 0 Å². The second kappa shape index (κ2) is 7.24. The fourth-order valence-electron chi connectivity index (χ4n) is 1.85. The lowest BCUT2D eigenvalue weighted by molar-refractivity contribution is 0.163. The van der Waals surface area contributed by atoms with Crippen LogP contribution in [0.1, 0.15) is 49.3 Å². The number of hydrogen-bond donors (Lipinski definition) is 1. The van der Waals surface area contributed by atoms with Gasteiger partial charge in [0, 0.05) is 0 Å². The Kier molecular flexibility index (Phi) is 5.87. The first kappa shape index (κ1) is 13.0. The second-order valence-electron chi connectivity index (χ2n) is 4.36. The molecule has 0 heterocycles. The molecule has 0 amide bonds. The molecule has 0 aliphatic heterocycles. The monoisotopic (exact) mass is 218 g/mol. The minimum absolute atomic E-state index is 0.302. The van der Waals surface area contributed by atoms with Crippen LogP contribution in [-0.4, -0.2) is 5.11 Å². The first-order valence-electron chi connectivity index (χ1n) is 6.09. The minimum Gasteiger partial charge on any atom is -0.388 e. The van der Waals surface area contributed by atoms with Crippen molar-refractivity contribution in [3.05, 3.63) is 48.0 Å². The lowest BCUT2D eigenvalue weighted by atomic mass is 10.0. The molecule has 0 saturated heterocycles. The molecule has 0 saturated carbocycles. The average molecular weight is 218 g/mol. The molecule has 0 aromatic heterocycles. The van der Waals surface area contributed by atoms with Gasteiger partial charge in [0.25, 0.3) is 0 Å². The van der Waals surface area contributed by atoms with Crippen molar-refractivity contribution in [3.8, 4) is 0 Å². The summed E-state index contributed by atoms with van der Waals surface area (Å²) in [7, 11) is 0. The minimum atomic E-state index is -0.302. The zero-order valence-electron chi connectivity index (χ0n) is 10.2. The smallest absolute Gasteiger partial charge is 0.0790 e.